The first-order valence-electron chi connectivity index (χ1n) is 10.8. The first-order valence-corrected chi connectivity index (χ1v) is 11.7. The molecular weight excluding hydrogens is 448 g/mol. The van der Waals surface area contributed by atoms with Crippen molar-refractivity contribution in [1.82, 2.24) is 40.1 Å². The molecule has 10 nitrogen and oxygen atoms in total. The van der Waals surface area contributed by atoms with Crippen molar-refractivity contribution in [1.29, 1.82) is 0 Å². The van der Waals surface area contributed by atoms with Crippen LogP contribution in [0, 0.1) is 0 Å². The minimum atomic E-state index is 0.188. The van der Waals surface area contributed by atoms with Gasteiger partial charge in [-0.25, -0.2) is 15.0 Å². The highest BCUT2D eigenvalue weighted by atomic mass is 32.1. The van der Waals surface area contributed by atoms with Gasteiger partial charge in [0.1, 0.15) is 22.5 Å². The van der Waals surface area contributed by atoms with E-state index in [4.69, 9.17) is 20.7 Å². The maximum Gasteiger partial charge on any atom is 0.161 e. The molecule has 34 heavy (non-hydrogen) atoms. The lowest BCUT2D eigenvalue weighted by Gasteiger charge is -2.37. The summed E-state index contributed by atoms with van der Waals surface area (Å²) in [5, 5.41) is 11.7. The summed E-state index contributed by atoms with van der Waals surface area (Å²) in [6, 6.07) is 6.11. The van der Waals surface area contributed by atoms with Gasteiger partial charge in [0.25, 0.3) is 0 Å². The van der Waals surface area contributed by atoms with Crippen molar-refractivity contribution in [2.75, 3.05) is 18.0 Å². The van der Waals surface area contributed by atoms with Gasteiger partial charge >= 0.3 is 0 Å². The number of aromatic amines is 2. The second kappa shape index (κ2) is 7.40. The number of hydrogen-bond acceptors (Lipinski definition) is 9. The summed E-state index contributed by atoms with van der Waals surface area (Å²) in [6.45, 7) is 1.56. The Bertz CT molecular complexity index is 1650. The molecule has 7 rings (SSSR count). The average molecular weight is 467 g/mol. The number of aromatic nitrogens is 8. The predicted molar refractivity (Wildman–Crippen MR) is 131 cm³/mol. The molecule has 1 aliphatic rings. The summed E-state index contributed by atoms with van der Waals surface area (Å²) >= 11 is 1.64. The van der Waals surface area contributed by atoms with Crippen molar-refractivity contribution in [3.05, 3.63) is 53.7 Å². The van der Waals surface area contributed by atoms with E-state index in [1.54, 1.807) is 29.9 Å². The average Bonchev–Trinajstić information content (AvgIpc) is 3.60. The SMILES string of the molecule is NC1CN(c2cncc(-c3ccc4[nH]nc(-c5nc6c(-c7ccsc7)cncc6[nH]5)c4n3)n2)C1. The fourth-order valence-electron chi connectivity index (χ4n) is 4.21. The molecule has 0 atom stereocenters. The second-order valence-corrected chi connectivity index (χ2v) is 9.05. The van der Waals surface area contributed by atoms with Crippen LogP contribution in [0.15, 0.2) is 53.7 Å². The molecule has 1 saturated heterocycles. The smallest absolute Gasteiger partial charge is 0.161 e. The number of nitrogens with one attached hydrogen (secondary N) is 2. The van der Waals surface area contributed by atoms with E-state index in [0.717, 1.165) is 46.6 Å². The number of imidazole rings is 1. The molecular formula is C23H18N10S. The Balaban J connectivity index is 1.31. The summed E-state index contributed by atoms with van der Waals surface area (Å²) in [6.07, 6.45) is 7.09. The van der Waals surface area contributed by atoms with Crippen molar-refractivity contribution in [2.45, 2.75) is 6.04 Å². The van der Waals surface area contributed by atoms with Crippen molar-refractivity contribution in [3.8, 4) is 34.0 Å². The zero-order chi connectivity index (χ0) is 22.6. The highest BCUT2D eigenvalue weighted by Crippen LogP contribution is 2.32. The Morgan fingerprint density at radius 1 is 0.912 bits per heavy atom. The molecule has 0 amide bonds. The zero-order valence-corrected chi connectivity index (χ0v) is 18.6. The molecule has 4 N–H and O–H groups in total. The topological polar surface area (TPSA) is 138 Å². The normalized spacial score (nSPS) is 14.2. The van der Waals surface area contributed by atoms with E-state index in [1.165, 1.54) is 0 Å². The molecule has 0 saturated carbocycles. The van der Waals surface area contributed by atoms with Crippen LogP contribution in [-0.4, -0.2) is 59.2 Å². The highest BCUT2D eigenvalue weighted by Gasteiger charge is 2.25. The van der Waals surface area contributed by atoms with Gasteiger partial charge in [-0.15, -0.1) is 0 Å². The molecule has 6 aromatic rings. The number of thiophene rings is 1. The molecule has 7 heterocycles. The number of nitrogens with two attached hydrogens (primary N) is 1. The van der Waals surface area contributed by atoms with Crippen LogP contribution in [0.25, 0.3) is 56.1 Å². The summed E-state index contributed by atoms with van der Waals surface area (Å²) < 4.78 is 0. The Hall–Kier alpha value is -4.22. The second-order valence-electron chi connectivity index (χ2n) is 8.27. The lowest BCUT2D eigenvalue weighted by atomic mass is 10.1. The van der Waals surface area contributed by atoms with Crippen molar-refractivity contribution < 1.29 is 0 Å². The number of rotatable bonds is 4. The van der Waals surface area contributed by atoms with Gasteiger partial charge < -0.3 is 15.6 Å². The van der Waals surface area contributed by atoms with Crippen LogP contribution >= 0.6 is 11.3 Å². The van der Waals surface area contributed by atoms with Crippen LogP contribution in [0.1, 0.15) is 0 Å². The Morgan fingerprint density at radius 3 is 2.68 bits per heavy atom. The summed E-state index contributed by atoms with van der Waals surface area (Å²) in [4.78, 5) is 28.7. The monoisotopic (exact) mass is 466 g/mol. The number of hydrogen-bond donors (Lipinski definition) is 3. The molecule has 1 fully saturated rings. The van der Waals surface area contributed by atoms with Gasteiger partial charge in [0.15, 0.2) is 11.5 Å². The van der Waals surface area contributed by atoms with E-state index in [-0.39, 0.29) is 6.04 Å². The molecule has 0 spiro atoms. The van der Waals surface area contributed by atoms with Crippen molar-refractivity contribution in [2.24, 2.45) is 5.73 Å². The third-order valence-electron chi connectivity index (χ3n) is 5.98. The zero-order valence-electron chi connectivity index (χ0n) is 17.8. The van der Waals surface area contributed by atoms with Crippen LogP contribution in [-0.2, 0) is 0 Å². The quantitative estimate of drug-likeness (QED) is 0.360. The van der Waals surface area contributed by atoms with Gasteiger partial charge in [0.2, 0.25) is 0 Å². The molecule has 0 unspecified atom stereocenters. The third kappa shape index (κ3) is 3.05. The van der Waals surface area contributed by atoms with Gasteiger partial charge in [0.05, 0.1) is 35.3 Å². The molecule has 0 radical (unpaired) electrons. The van der Waals surface area contributed by atoms with Gasteiger partial charge in [-0.1, -0.05) is 0 Å². The Morgan fingerprint density at radius 2 is 1.82 bits per heavy atom. The van der Waals surface area contributed by atoms with Crippen molar-refractivity contribution in [3.63, 3.8) is 0 Å². The fourth-order valence-corrected chi connectivity index (χ4v) is 4.87. The first kappa shape index (κ1) is 19.3. The summed E-state index contributed by atoms with van der Waals surface area (Å²) in [5.41, 5.74) is 13.3. The Labute approximate surface area is 196 Å². The van der Waals surface area contributed by atoms with E-state index in [1.807, 2.05) is 23.7 Å². The lowest BCUT2D eigenvalue weighted by Crippen LogP contribution is -2.56. The molecule has 1 aliphatic heterocycles. The lowest BCUT2D eigenvalue weighted by molar-refractivity contribution is 0.514. The van der Waals surface area contributed by atoms with E-state index in [2.05, 4.69) is 41.5 Å². The van der Waals surface area contributed by atoms with Crippen LogP contribution in [0.4, 0.5) is 5.82 Å². The van der Waals surface area contributed by atoms with E-state index < -0.39 is 0 Å². The van der Waals surface area contributed by atoms with E-state index in [9.17, 15) is 0 Å². The van der Waals surface area contributed by atoms with Gasteiger partial charge in [-0.3, -0.25) is 15.1 Å². The standard InChI is InChI=1S/C23H18N10S/c24-13-9-33(10-13)19-8-26-6-17(27-19)15-1-2-16-21(28-15)22(32-31-16)23-29-18-7-25-5-14(20(18)30-23)12-3-4-34-11-12/h1-8,11,13H,9-10,24H2,(H,29,30)(H,31,32). The van der Waals surface area contributed by atoms with Crippen LogP contribution in [0.5, 0.6) is 0 Å². The van der Waals surface area contributed by atoms with Gasteiger partial charge in [-0.05, 0) is 34.5 Å². The highest BCUT2D eigenvalue weighted by molar-refractivity contribution is 7.08. The molecule has 166 valence electrons. The number of H-pyrrole nitrogens is 2. The summed E-state index contributed by atoms with van der Waals surface area (Å²) in [5.74, 6) is 1.43. The number of anilines is 1. The van der Waals surface area contributed by atoms with Crippen molar-refractivity contribution >= 4 is 39.2 Å². The van der Waals surface area contributed by atoms with Gasteiger partial charge in [-0.2, -0.15) is 16.4 Å². The molecule has 0 aliphatic carbocycles. The molecule has 0 aromatic carbocycles. The molecule has 11 heteroatoms. The third-order valence-corrected chi connectivity index (χ3v) is 6.66. The van der Waals surface area contributed by atoms with E-state index in [0.29, 0.717) is 28.4 Å². The fraction of sp³-hybridized carbons (Fsp3) is 0.130. The van der Waals surface area contributed by atoms with Gasteiger partial charge in [0, 0.05) is 30.9 Å². The maximum absolute atomic E-state index is 5.92. The Kier molecular flexibility index (Phi) is 4.19. The van der Waals surface area contributed by atoms with E-state index >= 15 is 0 Å². The number of pyridine rings is 2. The van der Waals surface area contributed by atoms with Crippen LogP contribution < -0.4 is 10.6 Å². The predicted octanol–water partition coefficient (Wildman–Crippen LogP) is 3.23. The molecule has 0 bridgehead atoms. The minimum absolute atomic E-state index is 0.188. The molecule has 6 aromatic heterocycles. The minimum Gasteiger partial charge on any atom is -0.352 e. The summed E-state index contributed by atoms with van der Waals surface area (Å²) in [7, 11) is 0. The largest absolute Gasteiger partial charge is 0.352 e. The number of nitrogens with zero attached hydrogens (tertiary/aromatic N) is 7. The van der Waals surface area contributed by atoms with Crippen LogP contribution in [0.2, 0.25) is 0 Å². The number of fused-ring (bicyclic) bond motifs is 2. The van der Waals surface area contributed by atoms with Crippen LogP contribution in [0.3, 0.4) is 0 Å². The maximum atomic E-state index is 5.92. The first-order chi connectivity index (χ1) is 16.7.